The topological polar surface area (TPSA) is 113 Å². The third-order valence-corrected chi connectivity index (χ3v) is 5.49. The number of nitrogens with zero attached hydrogens (tertiary/aromatic N) is 2. The molecule has 0 aliphatic rings. The van der Waals surface area contributed by atoms with E-state index in [-0.39, 0.29) is 18.6 Å². The van der Waals surface area contributed by atoms with Crippen molar-refractivity contribution < 1.29 is 19.4 Å². The van der Waals surface area contributed by atoms with Crippen molar-refractivity contribution in [1.29, 1.82) is 0 Å². The summed E-state index contributed by atoms with van der Waals surface area (Å²) < 4.78 is 5.11. The van der Waals surface area contributed by atoms with Crippen LogP contribution in [0.3, 0.4) is 0 Å². The Bertz CT molecular complexity index is 678. The molecule has 0 bridgehead atoms. The first kappa shape index (κ1) is 25.6. The van der Waals surface area contributed by atoms with E-state index < -0.39 is 27.2 Å². The van der Waals surface area contributed by atoms with Crippen LogP contribution >= 0.6 is 11.8 Å². The second-order valence-electron chi connectivity index (χ2n) is 6.97. The SMILES string of the molecule is C=CCSCCCCCCCCCCC(=O)OCc1cc([N+](=O)[O-])cc([N+](=O)[O-])c1. The molecule has 0 aliphatic heterocycles. The number of thioether (sulfide) groups is 1. The number of unbranched alkanes of at least 4 members (excludes halogenated alkanes) is 7. The van der Waals surface area contributed by atoms with Crippen LogP contribution in [0.4, 0.5) is 11.4 Å². The highest BCUT2D eigenvalue weighted by Crippen LogP contribution is 2.23. The molecule has 0 atom stereocenters. The van der Waals surface area contributed by atoms with Crippen LogP contribution in [0.15, 0.2) is 30.9 Å². The molecule has 0 aromatic heterocycles. The molecule has 0 radical (unpaired) electrons. The van der Waals surface area contributed by atoms with Gasteiger partial charge in [-0.3, -0.25) is 25.0 Å². The lowest BCUT2D eigenvalue weighted by Crippen LogP contribution is -2.05. The first-order chi connectivity index (χ1) is 14.4. The smallest absolute Gasteiger partial charge is 0.306 e. The number of rotatable bonds is 17. The number of nitro groups is 2. The van der Waals surface area contributed by atoms with Gasteiger partial charge in [-0.05, 0) is 18.6 Å². The molecular weight excluding hydrogens is 408 g/mol. The molecule has 1 aromatic carbocycles. The lowest BCUT2D eigenvalue weighted by Gasteiger charge is -2.06. The second kappa shape index (κ2) is 15.4. The van der Waals surface area contributed by atoms with E-state index in [0.717, 1.165) is 37.5 Å². The van der Waals surface area contributed by atoms with Gasteiger partial charge in [0, 0.05) is 29.9 Å². The van der Waals surface area contributed by atoms with E-state index in [1.165, 1.54) is 43.6 Å². The number of non-ortho nitro benzene ring substituents is 2. The Hall–Kier alpha value is -2.42. The van der Waals surface area contributed by atoms with Crippen molar-refractivity contribution >= 4 is 29.1 Å². The molecule has 8 nitrogen and oxygen atoms in total. The second-order valence-corrected chi connectivity index (χ2v) is 8.12. The average molecular weight is 439 g/mol. The number of benzene rings is 1. The molecule has 166 valence electrons. The number of ether oxygens (including phenoxy) is 1. The summed E-state index contributed by atoms with van der Waals surface area (Å²) in [7, 11) is 0. The number of hydrogen-bond acceptors (Lipinski definition) is 7. The highest BCUT2D eigenvalue weighted by molar-refractivity contribution is 7.99. The molecule has 0 fully saturated rings. The fourth-order valence-electron chi connectivity index (χ4n) is 2.89. The lowest BCUT2D eigenvalue weighted by atomic mass is 10.1. The molecule has 0 spiro atoms. The minimum atomic E-state index is -0.708. The summed E-state index contributed by atoms with van der Waals surface area (Å²) in [6.07, 6.45) is 11.1. The van der Waals surface area contributed by atoms with Crippen LogP contribution in [0.5, 0.6) is 0 Å². The van der Waals surface area contributed by atoms with Gasteiger partial charge in [0.05, 0.1) is 15.9 Å². The fraction of sp³-hybridized carbons (Fsp3) is 0.571. The largest absolute Gasteiger partial charge is 0.461 e. The zero-order valence-corrected chi connectivity index (χ0v) is 18.1. The molecular formula is C21H30N2O6S. The Kier molecular flexibility index (Phi) is 13.2. The zero-order chi connectivity index (χ0) is 22.2. The van der Waals surface area contributed by atoms with Gasteiger partial charge in [-0.15, -0.1) is 6.58 Å². The summed E-state index contributed by atoms with van der Waals surface area (Å²) >= 11 is 1.92. The number of esters is 1. The summed E-state index contributed by atoms with van der Waals surface area (Å²) in [6.45, 7) is 3.49. The van der Waals surface area contributed by atoms with Gasteiger partial charge in [-0.2, -0.15) is 11.8 Å². The monoisotopic (exact) mass is 438 g/mol. The van der Waals surface area contributed by atoms with E-state index in [2.05, 4.69) is 6.58 Å². The van der Waals surface area contributed by atoms with Crippen molar-refractivity contribution in [2.24, 2.45) is 0 Å². The molecule has 9 heteroatoms. The van der Waals surface area contributed by atoms with E-state index >= 15 is 0 Å². The van der Waals surface area contributed by atoms with Gasteiger partial charge in [0.2, 0.25) is 0 Å². The molecule has 0 unspecified atom stereocenters. The molecule has 30 heavy (non-hydrogen) atoms. The van der Waals surface area contributed by atoms with Crippen LogP contribution in [-0.2, 0) is 16.1 Å². The average Bonchev–Trinajstić information content (AvgIpc) is 2.72. The third-order valence-electron chi connectivity index (χ3n) is 4.44. The van der Waals surface area contributed by atoms with Crippen molar-refractivity contribution in [2.75, 3.05) is 11.5 Å². The standard InChI is InChI=1S/C21H30N2O6S/c1-2-12-30-13-10-8-6-4-3-5-7-9-11-21(24)29-17-18-14-19(22(25)26)16-20(15-18)23(27)28/h2,14-16H,1,3-13,17H2. The molecule has 1 rings (SSSR count). The predicted molar refractivity (Wildman–Crippen MR) is 119 cm³/mol. The molecule has 0 amide bonds. The van der Waals surface area contributed by atoms with Crippen molar-refractivity contribution in [3.05, 3.63) is 56.6 Å². The first-order valence-electron chi connectivity index (χ1n) is 10.2. The van der Waals surface area contributed by atoms with E-state index in [0.29, 0.717) is 0 Å². The van der Waals surface area contributed by atoms with Crippen LogP contribution in [0, 0.1) is 20.2 Å². The summed E-state index contributed by atoms with van der Waals surface area (Å²) in [5, 5.41) is 21.8. The van der Waals surface area contributed by atoms with Crippen molar-refractivity contribution in [2.45, 2.75) is 64.4 Å². The maximum atomic E-state index is 11.8. The lowest BCUT2D eigenvalue weighted by molar-refractivity contribution is -0.394. The van der Waals surface area contributed by atoms with E-state index in [4.69, 9.17) is 4.74 Å². The summed E-state index contributed by atoms with van der Waals surface area (Å²) in [5.41, 5.74) is -0.566. The highest BCUT2D eigenvalue weighted by Gasteiger charge is 2.17. The van der Waals surface area contributed by atoms with E-state index in [1.807, 2.05) is 17.8 Å². The summed E-state index contributed by atoms with van der Waals surface area (Å²) in [5.74, 6) is 1.81. The molecule has 0 saturated heterocycles. The zero-order valence-electron chi connectivity index (χ0n) is 17.3. The maximum absolute atomic E-state index is 11.8. The van der Waals surface area contributed by atoms with Crippen LogP contribution in [0.25, 0.3) is 0 Å². The Morgan fingerprint density at radius 2 is 1.47 bits per heavy atom. The predicted octanol–water partition coefficient (Wildman–Crippen LogP) is 5.98. The number of hydrogen-bond donors (Lipinski definition) is 0. The molecule has 0 saturated carbocycles. The van der Waals surface area contributed by atoms with Gasteiger partial charge < -0.3 is 4.74 Å². The van der Waals surface area contributed by atoms with Gasteiger partial charge in [0.25, 0.3) is 11.4 Å². The normalized spacial score (nSPS) is 10.5. The summed E-state index contributed by atoms with van der Waals surface area (Å²) in [4.78, 5) is 32.2. The Morgan fingerprint density at radius 3 is 2.00 bits per heavy atom. The maximum Gasteiger partial charge on any atom is 0.306 e. The van der Waals surface area contributed by atoms with Gasteiger partial charge in [0.1, 0.15) is 6.61 Å². The van der Waals surface area contributed by atoms with Gasteiger partial charge in [0.15, 0.2) is 0 Å². The molecule has 0 heterocycles. The van der Waals surface area contributed by atoms with Crippen LogP contribution in [0.2, 0.25) is 0 Å². The van der Waals surface area contributed by atoms with E-state index in [1.54, 1.807) is 0 Å². The Labute approximate surface area is 181 Å². The van der Waals surface area contributed by atoms with Crippen LogP contribution < -0.4 is 0 Å². The quantitative estimate of drug-likeness (QED) is 0.0967. The number of carbonyl (C=O) groups is 1. The Balaban J connectivity index is 2.15. The van der Waals surface area contributed by atoms with Crippen molar-refractivity contribution in [1.82, 2.24) is 0 Å². The van der Waals surface area contributed by atoms with Gasteiger partial charge in [-0.1, -0.05) is 44.6 Å². The first-order valence-corrected chi connectivity index (χ1v) is 11.4. The van der Waals surface area contributed by atoms with E-state index in [9.17, 15) is 25.0 Å². The summed E-state index contributed by atoms with van der Waals surface area (Å²) in [6, 6.07) is 3.24. The van der Waals surface area contributed by atoms with Gasteiger partial charge >= 0.3 is 5.97 Å². The Morgan fingerprint density at radius 1 is 0.933 bits per heavy atom. The molecule has 1 aromatic rings. The van der Waals surface area contributed by atoms with Crippen molar-refractivity contribution in [3.8, 4) is 0 Å². The van der Waals surface area contributed by atoms with Crippen molar-refractivity contribution in [3.63, 3.8) is 0 Å². The van der Waals surface area contributed by atoms with Crippen LogP contribution in [-0.4, -0.2) is 27.3 Å². The number of nitro benzene ring substituents is 2. The third kappa shape index (κ3) is 11.5. The minimum Gasteiger partial charge on any atom is -0.461 e. The highest BCUT2D eigenvalue weighted by atomic mass is 32.2. The van der Waals surface area contributed by atoms with Gasteiger partial charge in [-0.25, -0.2) is 0 Å². The minimum absolute atomic E-state index is 0.216. The fourth-order valence-corrected chi connectivity index (χ4v) is 3.63. The van der Waals surface area contributed by atoms with Crippen LogP contribution in [0.1, 0.15) is 63.4 Å². The number of carbonyl (C=O) groups excluding carboxylic acids is 1. The molecule has 0 aliphatic carbocycles. The molecule has 0 N–H and O–H groups in total.